The molecule has 6 nitrogen and oxygen atoms in total. The molecule has 0 aromatic carbocycles. The van der Waals surface area contributed by atoms with Crippen LogP contribution >= 0.6 is 27.5 Å². The zero-order valence-corrected chi connectivity index (χ0v) is 16.3. The minimum absolute atomic E-state index is 0.106. The van der Waals surface area contributed by atoms with Gasteiger partial charge in [-0.25, -0.2) is 9.97 Å². The Kier molecular flexibility index (Phi) is 4.93. The molecule has 0 atom stereocenters. The summed E-state index contributed by atoms with van der Waals surface area (Å²) in [5, 5.41) is 0.520. The number of rotatable bonds is 3. The number of hydrogen-bond donors (Lipinski definition) is 0. The molecule has 3 aromatic heterocycles. The van der Waals surface area contributed by atoms with Crippen molar-refractivity contribution in [2.24, 2.45) is 0 Å². The van der Waals surface area contributed by atoms with Crippen LogP contribution in [0.3, 0.4) is 0 Å². The van der Waals surface area contributed by atoms with Gasteiger partial charge in [-0.05, 0) is 40.2 Å². The maximum Gasteiger partial charge on any atom is 0.258 e. The fraction of sp³-hybridized carbons (Fsp3) is 0.278. The van der Waals surface area contributed by atoms with Gasteiger partial charge in [0.2, 0.25) is 0 Å². The van der Waals surface area contributed by atoms with Crippen LogP contribution in [0.1, 0.15) is 5.69 Å². The van der Waals surface area contributed by atoms with E-state index in [1.54, 1.807) is 24.4 Å². The summed E-state index contributed by atoms with van der Waals surface area (Å²) in [6, 6.07) is 9.14. The van der Waals surface area contributed by atoms with Crippen molar-refractivity contribution in [3.05, 3.63) is 68.3 Å². The van der Waals surface area contributed by atoms with Gasteiger partial charge in [0.1, 0.15) is 11.5 Å². The van der Waals surface area contributed by atoms with E-state index in [-0.39, 0.29) is 5.56 Å². The van der Waals surface area contributed by atoms with Crippen LogP contribution < -0.4 is 10.5 Å². The van der Waals surface area contributed by atoms with Crippen molar-refractivity contribution in [3.63, 3.8) is 0 Å². The largest absolute Gasteiger partial charge is 0.354 e. The van der Waals surface area contributed by atoms with E-state index in [0.29, 0.717) is 17.2 Å². The molecule has 1 saturated heterocycles. The van der Waals surface area contributed by atoms with E-state index in [9.17, 15) is 4.79 Å². The fourth-order valence-corrected chi connectivity index (χ4v) is 3.52. The van der Waals surface area contributed by atoms with Crippen LogP contribution in [0.2, 0.25) is 5.02 Å². The molecule has 8 heteroatoms. The third-order valence-corrected chi connectivity index (χ3v) is 5.16. The highest BCUT2D eigenvalue weighted by molar-refractivity contribution is 9.10. The lowest BCUT2D eigenvalue weighted by Crippen LogP contribution is -2.46. The summed E-state index contributed by atoms with van der Waals surface area (Å²) in [5.74, 6) is 0.992. The molecule has 4 heterocycles. The van der Waals surface area contributed by atoms with Crippen LogP contribution in [-0.2, 0) is 6.54 Å². The fourth-order valence-electron chi connectivity index (χ4n) is 3.13. The lowest BCUT2D eigenvalue weighted by atomic mass is 10.2. The third kappa shape index (κ3) is 3.75. The number of anilines is 1. The Labute approximate surface area is 164 Å². The second-order valence-electron chi connectivity index (χ2n) is 6.26. The number of halogens is 2. The molecule has 26 heavy (non-hydrogen) atoms. The number of fused-ring (bicyclic) bond motifs is 1. The molecule has 0 unspecified atom stereocenters. The van der Waals surface area contributed by atoms with Gasteiger partial charge in [0.25, 0.3) is 5.56 Å². The second-order valence-corrected chi connectivity index (χ2v) is 7.61. The molecule has 0 radical (unpaired) electrons. The number of hydrogen-bond acceptors (Lipinski definition) is 5. The maximum absolute atomic E-state index is 12.3. The lowest BCUT2D eigenvalue weighted by molar-refractivity contribution is 0.246. The van der Waals surface area contributed by atoms with E-state index in [1.807, 2.05) is 18.3 Å². The topological polar surface area (TPSA) is 53.7 Å². The third-order valence-electron chi connectivity index (χ3n) is 4.47. The Morgan fingerprint density at radius 2 is 1.92 bits per heavy atom. The molecule has 1 aliphatic heterocycles. The van der Waals surface area contributed by atoms with Gasteiger partial charge in [-0.3, -0.25) is 14.1 Å². The van der Waals surface area contributed by atoms with E-state index in [0.717, 1.165) is 42.2 Å². The number of aromatic nitrogens is 3. The van der Waals surface area contributed by atoms with Crippen LogP contribution in [0.5, 0.6) is 0 Å². The Balaban J connectivity index is 1.44. The van der Waals surface area contributed by atoms with Crippen molar-refractivity contribution in [2.45, 2.75) is 6.54 Å². The summed E-state index contributed by atoms with van der Waals surface area (Å²) in [5.41, 5.74) is 1.30. The average molecular weight is 435 g/mol. The van der Waals surface area contributed by atoms with Gasteiger partial charge in [-0.15, -0.1) is 0 Å². The van der Waals surface area contributed by atoms with Crippen LogP contribution in [0.15, 0.2) is 52.0 Å². The molecule has 0 spiro atoms. The summed E-state index contributed by atoms with van der Waals surface area (Å²) in [6.45, 7) is 4.27. The predicted molar refractivity (Wildman–Crippen MR) is 106 cm³/mol. The number of pyridine rings is 2. The normalized spacial score (nSPS) is 15.5. The summed E-state index contributed by atoms with van der Waals surface area (Å²) in [7, 11) is 0. The average Bonchev–Trinajstić information content (AvgIpc) is 2.64. The zero-order valence-electron chi connectivity index (χ0n) is 14.0. The molecule has 3 aromatic rings. The minimum Gasteiger partial charge on any atom is -0.354 e. The highest BCUT2D eigenvalue weighted by Gasteiger charge is 2.19. The monoisotopic (exact) mass is 433 g/mol. The smallest absolute Gasteiger partial charge is 0.258 e. The first-order valence-electron chi connectivity index (χ1n) is 8.35. The highest BCUT2D eigenvalue weighted by atomic mass is 79.9. The van der Waals surface area contributed by atoms with Gasteiger partial charge >= 0.3 is 0 Å². The van der Waals surface area contributed by atoms with E-state index in [4.69, 9.17) is 11.6 Å². The summed E-state index contributed by atoms with van der Waals surface area (Å²) in [6.07, 6.45) is 3.42. The van der Waals surface area contributed by atoms with Crippen LogP contribution in [-0.4, -0.2) is 45.4 Å². The Bertz CT molecular complexity index is 983. The van der Waals surface area contributed by atoms with E-state index in [2.05, 4.69) is 35.7 Å². The molecule has 0 N–H and O–H groups in total. The zero-order chi connectivity index (χ0) is 18.1. The van der Waals surface area contributed by atoms with E-state index >= 15 is 0 Å². The Morgan fingerprint density at radius 3 is 2.65 bits per heavy atom. The molecule has 134 valence electrons. The second kappa shape index (κ2) is 7.34. The molecule has 0 aliphatic carbocycles. The first-order valence-corrected chi connectivity index (χ1v) is 9.52. The number of nitrogens with zero attached hydrogens (tertiary/aromatic N) is 5. The van der Waals surface area contributed by atoms with Crippen molar-refractivity contribution >= 4 is 39.0 Å². The van der Waals surface area contributed by atoms with E-state index in [1.165, 1.54) is 4.40 Å². The first kappa shape index (κ1) is 17.5. The SMILES string of the molecule is O=c1cc(CN2CCN(c3ccc(Br)cn3)CC2)nc2ccc(Cl)cn12. The van der Waals surface area contributed by atoms with Gasteiger partial charge in [-0.1, -0.05) is 11.6 Å². The molecule has 0 amide bonds. The molecule has 1 fully saturated rings. The van der Waals surface area contributed by atoms with E-state index < -0.39 is 0 Å². The van der Waals surface area contributed by atoms with Gasteiger partial charge in [0, 0.05) is 55.7 Å². The van der Waals surface area contributed by atoms with Gasteiger partial charge < -0.3 is 4.90 Å². The molecule has 0 bridgehead atoms. The Morgan fingerprint density at radius 1 is 1.12 bits per heavy atom. The molecule has 1 aliphatic rings. The van der Waals surface area contributed by atoms with Crippen LogP contribution in [0, 0.1) is 0 Å². The van der Waals surface area contributed by atoms with Crippen molar-refractivity contribution in [3.8, 4) is 0 Å². The van der Waals surface area contributed by atoms with Crippen LogP contribution in [0.25, 0.3) is 5.65 Å². The van der Waals surface area contributed by atoms with Crippen molar-refractivity contribution in [2.75, 3.05) is 31.1 Å². The number of piperazine rings is 1. The van der Waals surface area contributed by atoms with Crippen molar-refractivity contribution in [1.82, 2.24) is 19.3 Å². The quantitative estimate of drug-likeness (QED) is 0.634. The van der Waals surface area contributed by atoms with Crippen LogP contribution in [0.4, 0.5) is 5.82 Å². The predicted octanol–water partition coefficient (Wildman–Crippen LogP) is 2.83. The molecule has 4 rings (SSSR count). The summed E-state index contributed by atoms with van der Waals surface area (Å²) < 4.78 is 2.46. The molecule has 0 saturated carbocycles. The van der Waals surface area contributed by atoms with Gasteiger partial charge in [-0.2, -0.15) is 0 Å². The molecular weight excluding hydrogens is 418 g/mol. The lowest BCUT2D eigenvalue weighted by Gasteiger charge is -2.35. The molecular formula is C18H17BrClN5O. The maximum atomic E-state index is 12.3. The Hall–Kier alpha value is -1.96. The van der Waals surface area contributed by atoms with Gasteiger partial charge in [0.05, 0.1) is 10.7 Å². The minimum atomic E-state index is -0.106. The van der Waals surface area contributed by atoms with Crippen molar-refractivity contribution in [1.29, 1.82) is 0 Å². The standard InChI is InChI=1S/C18H17BrClN5O/c19-13-1-3-16(21-10-13)24-7-5-23(6-8-24)12-15-9-18(26)25-11-14(20)2-4-17(25)22-15/h1-4,9-11H,5-8,12H2. The summed E-state index contributed by atoms with van der Waals surface area (Å²) in [4.78, 5) is 25.9. The van der Waals surface area contributed by atoms with Crippen molar-refractivity contribution < 1.29 is 0 Å². The first-order chi connectivity index (χ1) is 12.6. The summed E-state index contributed by atoms with van der Waals surface area (Å²) >= 11 is 9.36. The van der Waals surface area contributed by atoms with Gasteiger partial charge in [0.15, 0.2) is 0 Å². The highest BCUT2D eigenvalue weighted by Crippen LogP contribution is 2.17.